The van der Waals surface area contributed by atoms with Crippen molar-refractivity contribution in [3.8, 4) is 5.88 Å². The Morgan fingerprint density at radius 2 is 1.90 bits per heavy atom. The lowest BCUT2D eigenvalue weighted by Crippen LogP contribution is -2.07. The third kappa shape index (κ3) is 3.21. The first-order chi connectivity index (χ1) is 9.92. The number of nitrogens with two attached hydrogens (primary N) is 1. The molecule has 6 nitrogen and oxygen atoms in total. The number of anilines is 3. The van der Waals surface area contributed by atoms with Crippen molar-refractivity contribution in [2.75, 3.05) is 18.2 Å². The normalized spacial score (nSPS) is 10.8. The van der Waals surface area contributed by atoms with Crippen LogP contribution in [0.3, 0.4) is 0 Å². The summed E-state index contributed by atoms with van der Waals surface area (Å²) in [4.78, 5) is 12.9. The average Bonchev–Trinajstić information content (AvgIpc) is 2.41. The van der Waals surface area contributed by atoms with Crippen LogP contribution in [0.4, 0.5) is 17.2 Å². The van der Waals surface area contributed by atoms with E-state index in [-0.39, 0.29) is 5.92 Å². The van der Waals surface area contributed by atoms with Crippen LogP contribution in [0.2, 0.25) is 0 Å². The van der Waals surface area contributed by atoms with Gasteiger partial charge < -0.3 is 15.8 Å². The first kappa shape index (κ1) is 15.0. The average molecular weight is 287 g/mol. The van der Waals surface area contributed by atoms with E-state index in [0.717, 1.165) is 16.9 Å². The number of ether oxygens (including phenoxy) is 1. The van der Waals surface area contributed by atoms with Crippen molar-refractivity contribution in [1.82, 2.24) is 15.0 Å². The van der Waals surface area contributed by atoms with E-state index < -0.39 is 0 Å². The Morgan fingerprint density at radius 1 is 1.19 bits per heavy atom. The Hall–Kier alpha value is -2.37. The van der Waals surface area contributed by atoms with Crippen LogP contribution in [0.1, 0.15) is 36.8 Å². The highest BCUT2D eigenvalue weighted by Crippen LogP contribution is 2.31. The summed E-state index contributed by atoms with van der Waals surface area (Å²) in [6.45, 7) is 7.92. The Balaban J connectivity index is 2.45. The highest BCUT2D eigenvalue weighted by Gasteiger charge is 2.14. The van der Waals surface area contributed by atoms with Gasteiger partial charge in [-0.1, -0.05) is 13.8 Å². The lowest BCUT2D eigenvalue weighted by atomic mass is 10.1. The number of methoxy groups -OCH3 is 1. The SMILES string of the molecule is COc1nc(C(C)C)c(Nc2cnc(C)nc2N)cc1C. The van der Waals surface area contributed by atoms with Gasteiger partial charge in [-0.05, 0) is 25.8 Å². The van der Waals surface area contributed by atoms with Crippen molar-refractivity contribution in [2.24, 2.45) is 0 Å². The van der Waals surface area contributed by atoms with Gasteiger partial charge in [-0.15, -0.1) is 0 Å². The predicted octanol–water partition coefficient (Wildman–Crippen LogP) is 2.95. The van der Waals surface area contributed by atoms with E-state index in [2.05, 4.69) is 34.1 Å². The minimum absolute atomic E-state index is 0.245. The number of aromatic nitrogens is 3. The van der Waals surface area contributed by atoms with Crippen molar-refractivity contribution in [2.45, 2.75) is 33.6 Å². The zero-order chi connectivity index (χ0) is 15.6. The Bertz CT molecular complexity index is 655. The number of nitrogens with zero attached hydrogens (tertiary/aromatic N) is 3. The first-order valence-corrected chi connectivity index (χ1v) is 6.84. The molecular formula is C15H21N5O. The smallest absolute Gasteiger partial charge is 0.216 e. The van der Waals surface area contributed by atoms with Gasteiger partial charge in [0.2, 0.25) is 5.88 Å². The van der Waals surface area contributed by atoms with Crippen molar-refractivity contribution >= 4 is 17.2 Å². The highest BCUT2D eigenvalue weighted by atomic mass is 16.5. The molecule has 21 heavy (non-hydrogen) atoms. The summed E-state index contributed by atoms with van der Waals surface area (Å²) in [5.74, 6) is 1.95. The Morgan fingerprint density at radius 3 is 2.48 bits per heavy atom. The quantitative estimate of drug-likeness (QED) is 0.899. The molecule has 2 heterocycles. The zero-order valence-electron chi connectivity index (χ0n) is 13.1. The lowest BCUT2D eigenvalue weighted by Gasteiger charge is -2.17. The van der Waals surface area contributed by atoms with Crippen molar-refractivity contribution < 1.29 is 4.74 Å². The third-order valence-corrected chi connectivity index (χ3v) is 3.14. The van der Waals surface area contributed by atoms with E-state index in [1.54, 1.807) is 20.2 Å². The number of rotatable bonds is 4. The molecule has 0 amide bonds. The lowest BCUT2D eigenvalue weighted by molar-refractivity contribution is 0.392. The summed E-state index contributed by atoms with van der Waals surface area (Å²) >= 11 is 0. The molecule has 0 aliphatic heterocycles. The van der Waals surface area contributed by atoms with Crippen molar-refractivity contribution in [1.29, 1.82) is 0 Å². The number of nitrogen functional groups attached to an aromatic ring is 1. The summed E-state index contributed by atoms with van der Waals surface area (Å²) in [6.07, 6.45) is 1.68. The third-order valence-electron chi connectivity index (χ3n) is 3.14. The molecule has 112 valence electrons. The number of nitrogens with one attached hydrogen (secondary N) is 1. The molecule has 2 rings (SSSR count). The maximum absolute atomic E-state index is 5.93. The number of hydrogen-bond donors (Lipinski definition) is 2. The molecule has 0 aliphatic rings. The monoisotopic (exact) mass is 287 g/mol. The molecule has 2 aromatic heterocycles. The Kier molecular flexibility index (Phi) is 4.26. The highest BCUT2D eigenvalue weighted by molar-refractivity contribution is 5.71. The van der Waals surface area contributed by atoms with E-state index >= 15 is 0 Å². The fraction of sp³-hybridized carbons (Fsp3) is 0.400. The molecule has 0 spiro atoms. The molecule has 0 aliphatic carbocycles. The van der Waals surface area contributed by atoms with Gasteiger partial charge in [0.1, 0.15) is 11.5 Å². The van der Waals surface area contributed by atoms with Gasteiger partial charge in [0.15, 0.2) is 5.82 Å². The summed E-state index contributed by atoms with van der Waals surface area (Å²) < 4.78 is 5.29. The maximum Gasteiger partial charge on any atom is 0.216 e. The second-order valence-corrected chi connectivity index (χ2v) is 5.24. The molecule has 0 fully saturated rings. The second-order valence-electron chi connectivity index (χ2n) is 5.24. The van der Waals surface area contributed by atoms with Gasteiger partial charge in [0.25, 0.3) is 0 Å². The van der Waals surface area contributed by atoms with E-state index in [0.29, 0.717) is 23.2 Å². The summed E-state index contributed by atoms with van der Waals surface area (Å²) in [6, 6.07) is 2.00. The molecule has 0 saturated carbocycles. The van der Waals surface area contributed by atoms with Gasteiger partial charge in [-0.2, -0.15) is 0 Å². The fourth-order valence-corrected chi connectivity index (χ4v) is 2.09. The van der Waals surface area contributed by atoms with Crippen LogP contribution >= 0.6 is 0 Å². The van der Waals surface area contributed by atoms with Crippen LogP contribution in [0.5, 0.6) is 5.88 Å². The van der Waals surface area contributed by atoms with Crippen molar-refractivity contribution in [3.05, 3.63) is 29.3 Å². The van der Waals surface area contributed by atoms with Crippen LogP contribution in [-0.4, -0.2) is 22.1 Å². The Labute approximate surface area is 124 Å². The van der Waals surface area contributed by atoms with E-state index in [9.17, 15) is 0 Å². The second kappa shape index (κ2) is 5.95. The predicted molar refractivity (Wildman–Crippen MR) is 84.1 cm³/mol. The van der Waals surface area contributed by atoms with Gasteiger partial charge in [0, 0.05) is 5.56 Å². The molecule has 0 saturated heterocycles. The molecule has 6 heteroatoms. The largest absolute Gasteiger partial charge is 0.481 e. The summed E-state index contributed by atoms with van der Waals surface area (Å²) in [7, 11) is 1.62. The fourth-order valence-electron chi connectivity index (χ4n) is 2.09. The van der Waals surface area contributed by atoms with Crippen LogP contribution in [0.15, 0.2) is 12.3 Å². The topological polar surface area (TPSA) is 86.0 Å². The molecule has 0 aromatic carbocycles. The molecule has 2 aromatic rings. The van der Waals surface area contributed by atoms with Crippen LogP contribution in [0, 0.1) is 13.8 Å². The van der Waals surface area contributed by atoms with Crippen LogP contribution < -0.4 is 15.8 Å². The molecule has 0 unspecified atom stereocenters. The first-order valence-electron chi connectivity index (χ1n) is 6.84. The molecule has 0 bridgehead atoms. The van der Waals surface area contributed by atoms with E-state index in [1.807, 2.05) is 13.0 Å². The standard InChI is InChI=1S/C15H21N5O/c1-8(2)13-11(6-9(3)15(20-13)21-5)19-12-7-17-10(4)18-14(12)16/h6-8,19H,1-5H3,(H2,16,17,18). The number of pyridine rings is 1. The summed E-state index contributed by atoms with van der Waals surface area (Å²) in [5.41, 5.74) is 9.37. The van der Waals surface area contributed by atoms with Gasteiger partial charge in [0.05, 0.1) is 24.7 Å². The van der Waals surface area contributed by atoms with Gasteiger partial charge in [-0.25, -0.2) is 15.0 Å². The van der Waals surface area contributed by atoms with Crippen LogP contribution in [0.25, 0.3) is 0 Å². The van der Waals surface area contributed by atoms with E-state index in [1.165, 1.54) is 0 Å². The zero-order valence-corrected chi connectivity index (χ0v) is 13.1. The minimum Gasteiger partial charge on any atom is -0.481 e. The molecule has 3 N–H and O–H groups in total. The van der Waals surface area contributed by atoms with Crippen LogP contribution in [-0.2, 0) is 0 Å². The van der Waals surface area contributed by atoms with Gasteiger partial charge >= 0.3 is 0 Å². The molecule has 0 radical (unpaired) electrons. The van der Waals surface area contributed by atoms with Gasteiger partial charge in [-0.3, -0.25) is 0 Å². The maximum atomic E-state index is 5.93. The number of aryl methyl sites for hydroxylation is 2. The number of hydrogen-bond acceptors (Lipinski definition) is 6. The van der Waals surface area contributed by atoms with Crippen molar-refractivity contribution in [3.63, 3.8) is 0 Å². The summed E-state index contributed by atoms with van der Waals surface area (Å²) in [5, 5.41) is 3.27. The minimum atomic E-state index is 0.245. The van der Waals surface area contributed by atoms with E-state index in [4.69, 9.17) is 10.5 Å². The molecule has 0 atom stereocenters. The molecular weight excluding hydrogens is 266 g/mol.